The van der Waals surface area contributed by atoms with E-state index in [0.717, 1.165) is 6.42 Å². The fourth-order valence-electron chi connectivity index (χ4n) is 1.77. The third-order valence-corrected chi connectivity index (χ3v) is 2.45. The summed E-state index contributed by atoms with van der Waals surface area (Å²) in [5.41, 5.74) is 3.64. The Kier molecular flexibility index (Phi) is 3.30. The lowest BCUT2D eigenvalue weighted by molar-refractivity contribution is 0.646. The quantitative estimate of drug-likeness (QED) is 0.779. The Labute approximate surface area is 96.4 Å². The molecule has 0 aliphatic rings. The lowest BCUT2D eigenvalue weighted by Crippen LogP contribution is -1.95. The highest BCUT2D eigenvalue weighted by molar-refractivity contribution is 5.62. The lowest BCUT2D eigenvalue weighted by atomic mass is 10.0. The zero-order chi connectivity index (χ0) is 11.4. The first-order valence-corrected chi connectivity index (χ1v) is 5.60. The normalized spacial score (nSPS) is 10.7. The lowest BCUT2D eigenvalue weighted by Gasteiger charge is -2.06. The zero-order valence-corrected chi connectivity index (χ0v) is 9.72. The first-order chi connectivity index (χ1) is 7.75. The molecule has 0 amide bonds. The first kappa shape index (κ1) is 10.8. The van der Waals surface area contributed by atoms with Crippen molar-refractivity contribution < 1.29 is 0 Å². The predicted octanol–water partition coefficient (Wildman–Crippen LogP) is 3.34. The van der Waals surface area contributed by atoms with Crippen LogP contribution in [0.2, 0.25) is 0 Å². The van der Waals surface area contributed by atoms with Crippen molar-refractivity contribution in [2.24, 2.45) is 5.92 Å². The summed E-state index contributed by atoms with van der Waals surface area (Å²) in [6.07, 6.45) is 8.55. The van der Waals surface area contributed by atoms with E-state index in [1.807, 2.05) is 36.9 Å². The molecular formula is C14H16N2. The number of aromatic nitrogens is 2. The molecule has 0 fully saturated rings. The van der Waals surface area contributed by atoms with Crippen LogP contribution in [0.5, 0.6) is 0 Å². The van der Waals surface area contributed by atoms with Gasteiger partial charge in [-0.3, -0.25) is 9.97 Å². The average molecular weight is 212 g/mol. The minimum atomic E-state index is 0.662. The van der Waals surface area contributed by atoms with Gasteiger partial charge < -0.3 is 0 Å². The molecule has 0 saturated heterocycles. The molecule has 0 atom stereocenters. The van der Waals surface area contributed by atoms with E-state index in [2.05, 4.69) is 29.9 Å². The summed E-state index contributed by atoms with van der Waals surface area (Å²) >= 11 is 0. The molecule has 16 heavy (non-hydrogen) atoms. The summed E-state index contributed by atoms with van der Waals surface area (Å²) in [6.45, 7) is 4.44. The van der Waals surface area contributed by atoms with E-state index in [9.17, 15) is 0 Å². The van der Waals surface area contributed by atoms with Crippen LogP contribution in [-0.4, -0.2) is 9.97 Å². The fraction of sp³-hybridized carbons (Fsp3) is 0.286. The Hall–Kier alpha value is -1.70. The summed E-state index contributed by atoms with van der Waals surface area (Å²) < 4.78 is 0. The summed E-state index contributed by atoms with van der Waals surface area (Å²) in [4.78, 5) is 8.31. The highest BCUT2D eigenvalue weighted by atomic mass is 14.6. The van der Waals surface area contributed by atoms with Crippen LogP contribution in [-0.2, 0) is 6.42 Å². The van der Waals surface area contributed by atoms with E-state index in [0.29, 0.717) is 5.92 Å². The molecule has 0 aromatic carbocycles. The van der Waals surface area contributed by atoms with Gasteiger partial charge in [-0.1, -0.05) is 13.8 Å². The van der Waals surface area contributed by atoms with Crippen LogP contribution in [0.1, 0.15) is 19.4 Å². The molecule has 0 radical (unpaired) electrons. The van der Waals surface area contributed by atoms with E-state index >= 15 is 0 Å². The molecule has 2 aromatic rings. The van der Waals surface area contributed by atoms with Crippen molar-refractivity contribution >= 4 is 0 Å². The third kappa shape index (κ3) is 2.66. The number of hydrogen-bond acceptors (Lipinski definition) is 2. The second-order valence-electron chi connectivity index (χ2n) is 4.42. The smallest absolute Gasteiger partial charge is 0.0346 e. The van der Waals surface area contributed by atoms with Crippen molar-refractivity contribution in [1.29, 1.82) is 0 Å². The first-order valence-electron chi connectivity index (χ1n) is 5.60. The number of nitrogens with zero attached hydrogens (tertiary/aromatic N) is 2. The van der Waals surface area contributed by atoms with Crippen molar-refractivity contribution in [3.05, 3.63) is 48.5 Å². The van der Waals surface area contributed by atoms with E-state index in [1.165, 1.54) is 16.7 Å². The minimum Gasteiger partial charge on any atom is -0.265 e. The third-order valence-electron chi connectivity index (χ3n) is 2.45. The summed E-state index contributed by atoms with van der Waals surface area (Å²) in [5, 5.41) is 0. The summed E-state index contributed by atoms with van der Waals surface area (Å²) in [6, 6.07) is 6.23. The molecule has 2 heteroatoms. The van der Waals surface area contributed by atoms with Gasteiger partial charge in [0.25, 0.3) is 0 Å². The SMILES string of the molecule is CC(C)Cc1cncc(-c2ccncc2)c1. The van der Waals surface area contributed by atoms with Gasteiger partial charge in [-0.15, -0.1) is 0 Å². The Morgan fingerprint density at radius 2 is 1.75 bits per heavy atom. The van der Waals surface area contributed by atoms with Gasteiger partial charge in [0.1, 0.15) is 0 Å². The number of rotatable bonds is 3. The van der Waals surface area contributed by atoms with Crippen LogP contribution >= 0.6 is 0 Å². The summed E-state index contributed by atoms with van der Waals surface area (Å²) in [5.74, 6) is 0.662. The van der Waals surface area contributed by atoms with Crippen molar-refractivity contribution in [3.63, 3.8) is 0 Å². The molecule has 0 bridgehead atoms. The van der Waals surface area contributed by atoms with Gasteiger partial charge in [-0.2, -0.15) is 0 Å². The van der Waals surface area contributed by atoms with Crippen LogP contribution in [0.3, 0.4) is 0 Å². The van der Waals surface area contributed by atoms with Crippen LogP contribution in [0.4, 0.5) is 0 Å². The fourth-order valence-corrected chi connectivity index (χ4v) is 1.77. The minimum absolute atomic E-state index is 0.662. The van der Waals surface area contributed by atoms with Crippen LogP contribution in [0.15, 0.2) is 43.0 Å². The van der Waals surface area contributed by atoms with Gasteiger partial charge in [0, 0.05) is 30.4 Å². The van der Waals surface area contributed by atoms with E-state index in [1.54, 1.807) is 0 Å². The van der Waals surface area contributed by atoms with Gasteiger partial charge in [0.2, 0.25) is 0 Å². The maximum Gasteiger partial charge on any atom is 0.0346 e. The molecule has 0 saturated carbocycles. The molecule has 2 rings (SSSR count). The summed E-state index contributed by atoms with van der Waals surface area (Å²) in [7, 11) is 0. The van der Waals surface area contributed by atoms with E-state index in [-0.39, 0.29) is 0 Å². The molecule has 0 spiro atoms. The maximum absolute atomic E-state index is 4.29. The van der Waals surface area contributed by atoms with E-state index < -0.39 is 0 Å². The maximum atomic E-state index is 4.29. The Morgan fingerprint density at radius 3 is 2.44 bits per heavy atom. The molecule has 0 aliphatic carbocycles. The molecule has 2 aromatic heterocycles. The Bertz CT molecular complexity index is 449. The molecule has 0 aliphatic heterocycles. The molecule has 82 valence electrons. The topological polar surface area (TPSA) is 25.8 Å². The zero-order valence-electron chi connectivity index (χ0n) is 9.72. The Balaban J connectivity index is 2.29. The van der Waals surface area contributed by atoms with Crippen molar-refractivity contribution in [2.45, 2.75) is 20.3 Å². The predicted molar refractivity (Wildman–Crippen MR) is 66.0 cm³/mol. The second kappa shape index (κ2) is 4.88. The molecule has 0 unspecified atom stereocenters. The van der Waals surface area contributed by atoms with E-state index in [4.69, 9.17) is 0 Å². The van der Waals surface area contributed by atoms with Crippen molar-refractivity contribution in [2.75, 3.05) is 0 Å². The monoisotopic (exact) mass is 212 g/mol. The van der Waals surface area contributed by atoms with Gasteiger partial charge >= 0.3 is 0 Å². The largest absolute Gasteiger partial charge is 0.265 e. The highest BCUT2D eigenvalue weighted by Gasteiger charge is 2.01. The number of hydrogen-bond donors (Lipinski definition) is 0. The van der Waals surface area contributed by atoms with Crippen LogP contribution < -0.4 is 0 Å². The van der Waals surface area contributed by atoms with Crippen LogP contribution in [0, 0.1) is 5.92 Å². The van der Waals surface area contributed by atoms with Gasteiger partial charge in [-0.05, 0) is 41.7 Å². The highest BCUT2D eigenvalue weighted by Crippen LogP contribution is 2.19. The van der Waals surface area contributed by atoms with Gasteiger partial charge in [0.05, 0.1) is 0 Å². The van der Waals surface area contributed by atoms with Crippen molar-refractivity contribution in [3.8, 4) is 11.1 Å². The molecular weight excluding hydrogens is 196 g/mol. The standard InChI is InChI=1S/C14H16N2/c1-11(2)7-12-8-14(10-16-9-12)13-3-5-15-6-4-13/h3-6,8-11H,7H2,1-2H3. The molecule has 2 nitrogen and oxygen atoms in total. The van der Waals surface area contributed by atoms with Crippen LogP contribution in [0.25, 0.3) is 11.1 Å². The average Bonchev–Trinajstić information content (AvgIpc) is 2.30. The van der Waals surface area contributed by atoms with Crippen molar-refractivity contribution in [1.82, 2.24) is 9.97 Å². The van der Waals surface area contributed by atoms with Gasteiger partial charge in [-0.25, -0.2) is 0 Å². The molecule has 2 heterocycles. The Morgan fingerprint density at radius 1 is 1.00 bits per heavy atom. The van der Waals surface area contributed by atoms with Gasteiger partial charge in [0.15, 0.2) is 0 Å². The molecule has 0 N–H and O–H groups in total. The number of pyridine rings is 2. The second-order valence-corrected chi connectivity index (χ2v) is 4.42.